The van der Waals surface area contributed by atoms with Gasteiger partial charge in [0.15, 0.2) is 0 Å². The van der Waals surface area contributed by atoms with Gasteiger partial charge in [-0.05, 0) is 12.1 Å². The number of rotatable bonds is 9. The Kier molecular flexibility index (Phi) is 6.83. The van der Waals surface area contributed by atoms with Gasteiger partial charge in [-0.2, -0.15) is 8.78 Å². The van der Waals surface area contributed by atoms with Crippen molar-refractivity contribution >= 4 is 15.5 Å². The molecule has 0 aliphatic rings. The van der Waals surface area contributed by atoms with Gasteiger partial charge >= 0.3 is 5.76 Å². The quantitative estimate of drug-likeness (QED) is 0.704. The maximum Gasteiger partial charge on any atom is 0.341 e. The van der Waals surface area contributed by atoms with Gasteiger partial charge in [0, 0.05) is 13.7 Å². The van der Waals surface area contributed by atoms with E-state index in [1.807, 2.05) is 0 Å². The molecule has 5 nitrogen and oxygen atoms in total. The lowest BCUT2D eigenvalue weighted by Gasteiger charge is -2.12. The number of anilines is 1. The van der Waals surface area contributed by atoms with Crippen LogP contribution in [-0.4, -0.2) is 47.7 Å². The molecule has 0 bridgehead atoms. The van der Waals surface area contributed by atoms with Crippen molar-refractivity contribution in [3.05, 3.63) is 24.3 Å². The first-order valence-electron chi connectivity index (χ1n) is 5.91. The van der Waals surface area contributed by atoms with E-state index in [0.29, 0.717) is 26.4 Å². The summed E-state index contributed by atoms with van der Waals surface area (Å²) in [6.45, 7) is 1.48. The minimum atomic E-state index is -4.62. The molecule has 0 aromatic heterocycles. The molecule has 0 saturated carbocycles. The molecule has 0 fully saturated rings. The van der Waals surface area contributed by atoms with Crippen LogP contribution < -0.4 is 5.32 Å². The highest BCUT2D eigenvalue weighted by atomic mass is 32.2. The third kappa shape index (κ3) is 4.69. The fourth-order valence-electron chi connectivity index (χ4n) is 1.46. The first-order chi connectivity index (χ1) is 9.50. The van der Waals surface area contributed by atoms with Gasteiger partial charge in [-0.15, -0.1) is 0 Å². The molecular formula is C12H17F2NO4S. The Labute approximate surface area is 116 Å². The highest BCUT2D eigenvalue weighted by molar-refractivity contribution is 7.91. The third-order valence-corrected chi connectivity index (χ3v) is 3.86. The van der Waals surface area contributed by atoms with Crippen molar-refractivity contribution in [2.75, 3.05) is 38.8 Å². The van der Waals surface area contributed by atoms with Crippen LogP contribution in [0.5, 0.6) is 0 Å². The number of methoxy groups -OCH3 is 1. The van der Waals surface area contributed by atoms with Crippen LogP contribution in [0.25, 0.3) is 0 Å². The standard InChI is InChI=1S/C12H17F2NO4S/c1-18-8-9-19-7-6-15-10-4-2-3-5-11(10)20(16,17)12(13)14/h2-5,12,15H,6-9H2,1H3. The summed E-state index contributed by atoms with van der Waals surface area (Å²) < 4.78 is 58.1. The number of alkyl halides is 2. The van der Waals surface area contributed by atoms with Gasteiger partial charge in [0.1, 0.15) is 0 Å². The van der Waals surface area contributed by atoms with Gasteiger partial charge in [-0.1, -0.05) is 12.1 Å². The Hall–Kier alpha value is -1.25. The zero-order valence-electron chi connectivity index (χ0n) is 11.0. The van der Waals surface area contributed by atoms with E-state index in [2.05, 4.69) is 5.32 Å². The fraction of sp³-hybridized carbons (Fsp3) is 0.500. The van der Waals surface area contributed by atoms with Crippen LogP contribution in [0.15, 0.2) is 29.2 Å². The van der Waals surface area contributed by atoms with Crippen molar-refractivity contribution < 1.29 is 26.7 Å². The average molecular weight is 309 g/mol. The summed E-state index contributed by atoms with van der Waals surface area (Å²) in [5.74, 6) is -3.44. The van der Waals surface area contributed by atoms with Crippen LogP contribution in [-0.2, 0) is 19.3 Å². The lowest BCUT2D eigenvalue weighted by atomic mass is 10.3. The van der Waals surface area contributed by atoms with Crippen LogP contribution in [0, 0.1) is 0 Å². The summed E-state index contributed by atoms with van der Waals surface area (Å²) in [4.78, 5) is -0.410. The molecule has 0 heterocycles. The molecule has 1 aromatic rings. The molecule has 0 atom stereocenters. The molecule has 8 heteroatoms. The smallest absolute Gasteiger partial charge is 0.341 e. The van der Waals surface area contributed by atoms with Gasteiger partial charge in [0.2, 0.25) is 9.84 Å². The van der Waals surface area contributed by atoms with Gasteiger partial charge in [0.25, 0.3) is 0 Å². The molecule has 0 unspecified atom stereocenters. The van der Waals surface area contributed by atoms with Crippen LogP contribution in [0.3, 0.4) is 0 Å². The van der Waals surface area contributed by atoms with Crippen LogP contribution in [0.4, 0.5) is 14.5 Å². The normalized spacial score (nSPS) is 11.8. The molecule has 0 amide bonds. The summed E-state index contributed by atoms with van der Waals surface area (Å²) >= 11 is 0. The topological polar surface area (TPSA) is 64.6 Å². The van der Waals surface area contributed by atoms with Crippen LogP contribution >= 0.6 is 0 Å². The zero-order chi connectivity index (χ0) is 15.0. The van der Waals surface area contributed by atoms with Crippen molar-refractivity contribution in [3.8, 4) is 0 Å². The van der Waals surface area contributed by atoms with E-state index < -0.39 is 20.5 Å². The van der Waals surface area contributed by atoms with Gasteiger partial charge < -0.3 is 14.8 Å². The van der Waals surface area contributed by atoms with E-state index in [4.69, 9.17) is 9.47 Å². The Morgan fingerprint density at radius 3 is 2.55 bits per heavy atom. The number of sulfone groups is 1. The van der Waals surface area contributed by atoms with Crippen molar-refractivity contribution in [2.45, 2.75) is 10.7 Å². The average Bonchev–Trinajstić information content (AvgIpc) is 2.43. The molecule has 1 aromatic carbocycles. The number of halogens is 2. The SMILES string of the molecule is COCCOCCNc1ccccc1S(=O)(=O)C(F)F. The second-order valence-corrected chi connectivity index (χ2v) is 5.72. The Balaban J connectivity index is 2.63. The first kappa shape index (κ1) is 16.8. The van der Waals surface area contributed by atoms with Crippen molar-refractivity contribution in [3.63, 3.8) is 0 Å². The first-order valence-corrected chi connectivity index (χ1v) is 7.46. The molecule has 0 radical (unpaired) electrons. The Morgan fingerprint density at radius 2 is 1.90 bits per heavy atom. The highest BCUT2D eigenvalue weighted by Crippen LogP contribution is 2.25. The summed E-state index contributed by atoms with van der Waals surface area (Å²) in [6.07, 6.45) is 0. The number of hydrogen-bond donors (Lipinski definition) is 1. The summed E-state index contributed by atoms with van der Waals surface area (Å²) in [7, 11) is -3.07. The Bertz CT molecular complexity index is 508. The van der Waals surface area contributed by atoms with Gasteiger partial charge in [-0.25, -0.2) is 8.42 Å². The number of para-hydroxylation sites is 1. The molecule has 1 rings (SSSR count). The Morgan fingerprint density at radius 1 is 1.20 bits per heavy atom. The maximum atomic E-state index is 12.6. The second-order valence-electron chi connectivity index (χ2n) is 3.83. The van der Waals surface area contributed by atoms with E-state index in [-0.39, 0.29) is 5.69 Å². The van der Waals surface area contributed by atoms with E-state index in [0.717, 1.165) is 6.07 Å². The number of benzene rings is 1. The van der Waals surface area contributed by atoms with Crippen molar-refractivity contribution in [1.29, 1.82) is 0 Å². The maximum absolute atomic E-state index is 12.6. The summed E-state index contributed by atoms with van der Waals surface area (Å²) in [5, 5.41) is 2.77. The summed E-state index contributed by atoms with van der Waals surface area (Å²) in [5.41, 5.74) is 0.142. The van der Waals surface area contributed by atoms with E-state index in [1.165, 1.54) is 12.1 Å². The molecule has 20 heavy (non-hydrogen) atoms. The molecule has 0 saturated heterocycles. The fourth-order valence-corrected chi connectivity index (χ4v) is 2.37. The molecule has 0 aliphatic carbocycles. The van der Waals surface area contributed by atoms with E-state index in [1.54, 1.807) is 13.2 Å². The van der Waals surface area contributed by atoms with E-state index >= 15 is 0 Å². The second kappa shape index (κ2) is 8.13. The predicted octanol–water partition coefficient (Wildman–Crippen LogP) is 1.76. The molecular weight excluding hydrogens is 292 g/mol. The van der Waals surface area contributed by atoms with Gasteiger partial charge in [-0.3, -0.25) is 0 Å². The monoisotopic (exact) mass is 309 g/mol. The third-order valence-electron chi connectivity index (χ3n) is 2.42. The van der Waals surface area contributed by atoms with E-state index in [9.17, 15) is 17.2 Å². The summed E-state index contributed by atoms with van der Waals surface area (Å²) in [6, 6.07) is 5.55. The van der Waals surface area contributed by atoms with Crippen LogP contribution in [0.1, 0.15) is 0 Å². The largest absolute Gasteiger partial charge is 0.382 e. The number of hydrogen-bond acceptors (Lipinski definition) is 5. The van der Waals surface area contributed by atoms with Gasteiger partial charge in [0.05, 0.1) is 30.4 Å². The van der Waals surface area contributed by atoms with Crippen LogP contribution in [0.2, 0.25) is 0 Å². The number of nitrogens with one attached hydrogen (secondary N) is 1. The lowest BCUT2D eigenvalue weighted by Crippen LogP contribution is -2.16. The zero-order valence-corrected chi connectivity index (χ0v) is 11.8. The molecule has 0 spiro atoms. The molecule has 114 valence electrons. The number of ether oxygens (including phenoxy) is 2. The molecule has 0 aliphatic heterocycles. The lowest BCUT2D eigenvalue weighted by molar-refractivity contribution is 0.0759. The van der Waals surface area contributed by atoms with Crippen molar-refractivity contribution in [1.82, 2.24) is 0 Å². The highest BCUT2D eigenvalue weighted by Gasteiger charge is 2.28. The molecule has 1 N–H and O–H groups in total. The minimum absolute atomic E-state index is 0.142. The van der Waals surface area contributed by atoms with Crippen molar-refractivity contribution in [2.24, 2.45) is 0 Å². The minimum Gasteiger partial charge on any atom is -0.382 e. The predicted molar refractivity (Wildman–Crippen MR) is 70.8 cm³/mol.